The molecule has 3 rings (SSSR count). The Morgan fingerprint density at radius 2 is 1.93 bits per heavy atom. The fraction of sp³-hybridized carbons (Fsp3) is 0.545. The van der Waals surface area contributed by atoms with E-state index >= 15 is 0 Å². The number of amides is 2. The average molecular weight is 399 g/mol. The largest absolute Gasteiger partial charge is 0.448 e. The number of hydrogen-bond donors (Lipinski definition) is 0. The maximum Gasteiger partial charge on any atom is 0.355 e. The first-order valence-corrected chi connectivity index (χ1v) is 10.3. The molecule has 0 aromatic heterocycles. The van der Waals surface area contributed by atoms with Gasteiger partial charge in [-0.3, -0.25) is 9.59 Å². The van der Waals surface area contributed by atoms with Crippen LogP contribution >= 0.6 is 0 Å². The van der Waals surface area contributed by atoms with E-state index in [1.807, 2.05) is 25.1 Å². The van der Waals surface area contributed by atoms with Crippen molar-refractivity contribution in [1.82, 2.24) is 4.90 Å². The second kappa shape index (κ2) is 9.20. The van der Waals surface area contributed by atoms with E-state index in [0.717, 1.165) is 31.2 Å². The SMILES string of the molecule is Cc1cccc(N2N=C(C(=O)O[C@@H](C)C(=O)N(C)C3CCCCC3)CCC2=O)c1. The highest BCUT2D eigenvalue weighted by atomic mass is 16.5. The molecule has 0 saturated heterocycles. The molecule has 1 aliphatic carbocycles. The highest BCUT2D eigenvalue weighted by Gasteiger charge is 2.31. The molecular weight excluding hydrogens is 370 g/mol. The van der Waals surface area contributed by atoms with Crippen molar-refractivity contribution in [3.8, 4) is 0 Å². The van der Waals surface area contributed by atoms with E-state index in [1.54, 1.807) is 24.9 Å². The number of aryl methyl sites for hydroxylation is 1. The zero-order chi connectivity index (χ0) is 21.0. The molecule has 0 spiro atoms. The van der Waals surface area contributed by atoms with Gasteiger partial charge in [0.05, 0.1) is 5.69 Å². The standard InChI is InChI=1S/C22H29N3O4/c1-15-8-7-11-18(14-15)25-20(26)13-12-19(23-25)22(28)29-16(2)21(27)24(3)17-9-5-4-6-10-17/h7-8,11,14,16-17H,4-6,9-10,12-13H2,1-3H3/t16-/m0/s1. The molecule has 1 saturated carbocycles. The van der Waals surface area contributed by atoms with Crippen LogP contribution in [0.15, 0.2) is 29.4 Å². The molecule has 2 amide bonds. The molecule has 0 radical (unpaired) electrons. The molecule has 0 N–H and O–H groups in total. The van der Waals surface area contributed by atoms with Crippen LogP contribution in [0.5, 0.6) is 0 Å². The Labute approximate surface area is 171 Å². The molecule has 7 nitrogen and oxygen atoms in total. The van der Waals surface area contributed by atoms with Crippen molar-refractivity contribution in [2.75, 3.05) is 12.1 Å². The second-order valence-electron chi connectivity index (χ2n) is 7.88. The zero-order valence-corrected chi connectivity index (χ0v) is 17.4. The number of benzene rings is 1. The van der Waals surface area contributed by atoms with E-state index in [2.05, 4.69) is 5.10 Å². The van der Waals surface area contributed by atoms with E-state index in [1.165, 1.54) is 11.4 Å². The summed E-state index contributed by atoms with van der Waals surface area (Å²) in [4.78, 5) is 39.3. The van der Waals surface area contributed by atoms with Crippen LogP contribution in [0.1, 0.15) is 57.4 Å². The number of nitrogens with zero attached hydrogens (tertiary/aromatic N) is 3. The first-order chi connectivity index (χ1) is 13.9. The molecule has 1 aromatic rings. The fourth-order valence-corrected chi connectivity index (χ4v) is 3.88. The van der Waals surface area contributed by atoms with E-state index in [0.29, 0.717) is 5.69 Å². The van der Waals surface area contributed by atoms with Crippen molar-refractivity contribution in [2.45, 2.75) is 70.9 Å². The summed E-state index contributed by atoms with van der Waals surface area (Å²) in [7, 11) is 1.78. The van der Waals surface area contributed by atoms with Gasteiger partial charge in [-0.15, -0.1) is 0 Å². The molecule has 1 fully saturated rings. The highest BCUT2D eigenvalue weighted by molar-refractivity contribution is 6.38. The smallest absolute Gasteiger partial charge is 0.355 e. The minimum absolute atomic E-state index is 0.158. The van der Waals surface area contributed by atoms with E-state index in [4.69, 9.17) is 4.74 Å². The van der Waals surface area contributed by atoms with E-state index < -0.39 is 12.1 Å². The molecule has 2 aliphatic rings. The molecule has 0 bridgehead atoms. The van der Waals surface area contributed by atoms with Crippen LogP contribution in [0.25, 0.3) is 0 Å². The van der Waals surface area contributed by atoms with Crippen LogP contribution < -0.4 is 5.01 Å². The van der Waals surface area contributed by atoms with Gasteiger partial charge in [-0.1, -0.05) is 31.4 Å². The Hall–Kier alpha value is -2.70. The van der Waals surface area contributed by atoms with Crippen LogP contribution in [0, 0.1) is 6.92 Å². The number of ether oxygens (including phenoxy) is 1. The third-order valence-electron chi connectivity index (χ3n) is 5.62. The van der Waals surface area contributed by atoms with Crippen molar-refractivity contribution < 1.29 is 19.1 Å². The Morgan fingerprint density at radius 1 is 1.21 bits per heavy atom. The number of hydrazone groups is 1. The number of hydrogen-bond acceptors (Lipinski definition) is 5. The van der Waals surface area contributed by atoms with Gasteiger partial charge in [0.1, 0.15) is 5.71 Å². The molecule has 1 heterocycles. The monoisotopic (exact) mass is 399 g/mol. The summed E-state index contributed by atoms with van der Waals surface area (Å²) in [6.45, 7) is 3.51. The van der Waals surface area contributed by atoms with Gasteiger partial charge in [-0.25, -0.2) is 9.80 Å². The van der Waals surface area contributed by atoms with Crippen molar-refractivity contribution in [3.63, 3.8) is 0 Å². The van der Waals surface area contributed by atoms with Gasteiger partial charge in [-0.2, -0.15) is 5.10 Å². The molecule has 0 unspecified atom stereocenters. The molecule has 156 valence electrons. The molecule has 7 heteroatoms. The Balaban J connectivity index is 1.66. The first-order valence-electron chi connectivity index (χ1n) is 10.3. The zero-order valence-electron chi connectivity index (χ0n) is 17.4. The number of esters is 1. The van der Waals surface area contributed by atoms with Crippen LogP contribution in [0.3, 0.4) is 0 Å². The van der Waals surface area contributed by atoms with E-state index in [-0.39, 0.29) is 36.4 Å². The van der Waals surface area contributed by atoms with Crippen LogP contribution in [-0.4, -0.2) is 47.6 Å². The van der Waals surface area contributed by atoms with Gasteiger partial charge in [0.15, 0.2) is 6.10 Å². The van der Waals surface area contributed by atoms with Gasteiger partial charge in [-0.05, 0) is 44.4 Å². The lowest BCUT2D eigenvalue weighted by Gasteiger charge is -2.32. The van der Waals surface area contributed by atoms with Crippen molar-refractivity contribution >= 4 is 29.2 Å². The average Bonchev–Trinajstić information content (AvgIpc) is 2.73. The minimum atomic E-state index is -0.887. The maximum atomic E-state index is 12.7. The predicted octanol–water partition coefficient (Wildman–Crippen LogP) is 3.20. The lowest BCUT2D eigenvalue weighted by molar-refractivity contribution is -0.154. The topological polar surface area (TPSA) is 79.3 Å². The van der Waals surface area contributed by atoms with Crippen molar-refractivity contribution in [2.24, 2.45) is 5.10 Å². The molecule has 29 heavy (non-hydrogen) atoms. The summed E-state index contributed by atoms with van der Waals surface area (Å²) >= 11 is 0. The van der Waals surface area contributed by atoms with Crippen LogP contribution in [0.2, 0.25) is 0 Å². The Kier molecular flexibility index (Phi) is 6.67. The molecule has 1 aromatic carbocycles. The minimum Gasteiger partial charge on any atom is -0.448 e. The van der Waals surface area contributed by atoms with Crippen molar-refractivity contribution in [3.05, 3.63) is 29.8 Å². The van der Waals surface area contributed by atoms with Gasteiger partial charge in [0, 0.05) is 25.9 Å². The van der Waals surface area contributed by atoms with E-state index in [9.17, 15) is 14.4 Å². The third kappa shape index (κ3) is 5.02. The number of carbonyl (C=O) groups is 3. The normalized spacial score (nSPS) is 18.8. The second-order valence-corrected chi connectivity index (χ2v) is 7.88. The Bertz CT molecular complexity index is 814. The van der Waals surface area contributed by atoms with Gasteiger partial charge >= 0.3 is 5.97 Å². The lowest BCUT2D eigenvalue weighted by atomic mass is 9.94. The first kappa shape index (κ1) is 21.0. The van der Waals surface area contributed by atoms with Crippen LogP contribution in [0.4, 0.5) is 5.69 Å². The number of rotatable bonds is 5. The number of anilines is 1. The summed E-state index contributed by atoms with van der Waals surface area (Å²) in [5.74, 6) is -1.02. The Morgan fingerprint density at radius 3 is 2.62 bits per heavy atom. The fourth-order valence-electron chi connectivity index (χ4n) is 3.88. The maximum absolute atomic E-state index is 12.7. The molecule has 1 atom stereocenters. The molecular formula is C22H29N3O4. The summed E-state index contributed by atoms with van der Waals surface area (Å²) in [5, 5.41) is 5.47. The summed E-state index contributed by atoms with van der Waals surface area (Å²) in [6, 6.07) is 7.57. The quantitative estimate of drug-likeness (QED) is 0.712. The summed E-state index contributed by atoms with van der Waals surface area (Å²) < 4.78 is 5.41. The number of carbonyl (C=O) groups excluding carboxylic acids is 3. The third-order valence-corrected chi connectivity index (χ3v) is 5.62. The van der Waals surface area contributed by atoms with Crippen molar-refractivity contribution in [1.29, 1.82) is 0 Å². The van der Waals surface area contributed by atoms with Gasteiger partial charge < -0.3 is 9.64 Å². The predicted molar refractivity (Wildman–Crippen MR) is 111 cm³/mol. The summed E-state index contributed by atoms with van der Waals surface area (Å²) in [5.41, 5.74) is 1.76. The highest BCUT2D eigenvalue weighted by Crippen LogP contribution is 2.23. The van der Waals surface area contributed by atoms with Gasteiger partial charge in [0.2, 0.25) is 5.91 Å². The molecule has 1 aliphatic heterocycles. The summed E-state index contributed by atoms with van der Waals surface area (Å²) in [6.07, 6.45) is 4.92. The number of likely N-dealkylation sites (N-methyl/N-ethyl adjacent to an activating group) is 1. The lowest BCUT2D eigenvalue weighted by Crippen LogP contribution is -2.45. The van der Waals surface area contributed by atoms with Crippen LogP contribution in [-0.2, 0) is 19.1 Å². The van der Waals surface area contributed by atoms with Gasteiger partial charge in [0.25, 0.3) is 5.91 Å².